The molecule has 3 heterocycles. The number of likely N-dealkylation sites (tertiary alicyclic amines) is 1. The minimum atomic E-state index is -1.11. The van der Waals surface area contributed by atoms with Gasteiger partial charge in [-0.2, -0.15) is 0 Å². The van der Waals surface area contributed by atoms with Gasteiger partial charge >= 0.3 is 6.03 Å². The average molecular weight is 566 g/mol. The van der Waals surface area contributed by atoms with Gasteiger partial charge < -0.3 is 15.4 Å². The quantitative estimate of drug-likeness (QED) is 0.194. The van der Waals surface area contributed by atoms with Crippen LogP contribution in [0.4, 0.5) is 25.0 Å². The molecule has 3 amide bonds. The first-order valence-electron chi connectivity index (χ1n) is 13.0. The number of amides is 3. The topological polar surface area (TPSA) is 86.8 Å². The molecule has 0 saturated carbocycles. The number of hydrogen-bond acceptors (Lipinski definition) is 6. The molecule has 0 spiro atoms. The van der Waals surface area contributed by atoms with E-state index in [0.29, 0.717) is 23.7 Å². The van der Waals surface area contributed by atoms with Crippen LogP contribution in [0.2, 0.25) is 0 Å². The highest BCUT2D eigenvalue weighted by molar-refractivity contribution is 7.20. The van der Waals surface area contributed by atoms with Gasteiger partial charge in [-0.05, 0) is 74.3 Å². The van der Waals surface area contributed by atoms with E-state index in [1.54, 1.807) is 31.3 Å². The van der Waals surface area contributed by atoms with E-state index in [1.807, 2.05) is 18.2 Å². The second kappa shape index (κ2) is 12.4. The summed E-state index contributed by atoms with van der Waals surface area (Å²) in [6, 6.07) is 14.9. The van der Waals surface area contributed by atoms with Gasteiger partial charge in [0.05, 0.1) is 26.5 Å². The van der Waals surface area contributed by atoms with E-state index in [0.717, 1.165) is 41.7 Å². The summed E-state index contributed by atoms with van der Waals surface area (Å²) in [5.74, 6) is -0.303. The van der Waals surface area contributed by atoms with E-state index in [-0.39, 0.29) is 28.5 Å². The van der Waals surface area contributed by atoms with Gasteiger partial charge in [-0.1, -0.05) is 16.6 Å². The lowest BCUT2D eigenvalue weighted by molar-refractivity contribution is 0.0955. The van der Waals surface area contributed by atoms with Crippen LogP contribution >= 0.6 is 11.3 Å². The highest BCUT2D eigenvalue weighted by Gasteiger charge is 2.24. The molecular weight excluding hydrogens is 536 g/mol. The molecular formula is C29H29F2N5O3S. The largest absolute Gasteiger partial charge is 0.489 e. The fourth-order valence-corrected chi connectivity index (χ4v) is 5.49. The Balaban J connectivity index is 1.06. The second-order valence-electron chi connectivity index (χ2n) is 9.63. The van der Waals surface area contributed by atoms with Crippen molar-refractivity contribution >= 4 is 44.9 Å². The lowest BCUT2D eigenvalue weighted by Gasteiger charge is -2.18. The zero-order valence-electron chi connectivity index (χ0n) is 21.9. The highest BCUT2D eigenvalue weighted by Crippen LogP contribution is 2.26. The van der Waals surface area contributed by atoms with Crippen LogP contribution in [-0.4, -0.2) is 54.1 Å². The Morgan fingerprint density at radius 1 is 1.18 bits per heavy atom. The summed E-state index contributed by atoms with van der Waals surface area (Å²) in [7, 11) is 0. The van der Waals surface area contributed by atoms with E-state index in [4.69, 9.17) is 4.74 Å². The Hall–Kier alpha value is -4.09. The Labute approximate surface area is 234 Å². The predicted octanol–water partition coefficient (Wildman–Crippen LogP) is 5.94. The molecule has 1 unspecified atom stereocenters. The molecule has 2 aromatic carbocycles. The van der Waals surface area contributed by atoms with Crippen LogP contribution in [-0.2, 0) is 0 Å². The predicted molar refractivity (Wildman–Crippen MR) is 152 cm³/mol. The summed E-state index contributed by atoms with van der Waals surface area (Å²) in [6.07, 6.45) is 3.23. The Morgan fingerprint density at radius 3 is 2.90 bits per heavy atom. The summed E-state index contributed by atoms with van der Waals surface area (Å²) >= 11 is 1.43. The van der Waals surface area contributed by atoms with Crippen LogP contribution in [0, 0.1) is 12.7 Å². The van der Waals surface area contributed by atoms with Crippen molar-refractivity contribution in [3.8, 4) is 5.75 Å². The van der Waals surface area contributed by atoms with Gasteiger partial charge in [0, 0.05) is 31.9 Å². The molecule has 0 aliphatic carbocycles. The molecule has 2 N–H and O–H groups in total. The maximum atomic E-state index is 14.8. The number of thiophene rings is 1. The third-order valence-electron chi connectivity index (χ3n) is 6.57. The number of hydrogen-bond donors (Lipinski definition) is 2. The summed E-state index contributed by atoms with van der Waals surface area (Å²) < 4.78 is 35.8. The number of anilines is 2. The van der Waals surface area contributed by atoms with Crippen molar-refractivity contribution in [2.45, 2.75) is 25.9 Å². The molecule has 0 radical (unpaired) electrons. The monoisotopic (exact) mass is 565 g/mol. The zero-order chi connectivity index (χ0) is 28.1. The van der Waals surface area contributed by atoms with E-state index in [9.17, 15) is 18.5 Å². The van der Waals surface area contributed by atoms with Crippen LogP contribution in [0.15, 0.2) is 66.9 Å². The maximum Gasteiger partial charge on any atom is 0.354 e. The molecule has 0 bridgehead atoms. The number of nitrogens with one attached hydrogen (secondary N) is 2. The van der Waals surface area contributed by atoms with Crippen molar-refractivity contribution in [3.05, 3.63) is 83.1 Å². The molecule has 5 rings (SSSR count). The van der Waals surface area contributed by atoms with Gasteiger partial charge in [0.1, 0.15) is 17.7 Å². The number of benzene rings is 2. The first-order chi connectivity index (χ1) is 19.4. The van der Waals surface area contributed by atoms with Crippen molar-refractivity contribution in [3.63, 3.8) is 0 Å². The average Bonchev–Trinajstić information content (AvgIpc) is 3.59. The Kier molecular flexibility index (Phi) is 8.51. The van der Waals surface area contributed by atoms with Gasteiger partial charge in [-0.15, -0.1) is 16.5 Å². The fourth-order valence-electron chi connectivity index (χ4n) is 4.56. The van der Waals surface area contributed by atoms with Crippen LogP contribution in [0.5, 0.6) is 5.75 Å². The van der Waals surface area contributed by atoms with E-state index in [1.165, 1.54) is 35.6 Å². The van der Waals surface area contributed by atoms with Gasteiger partial charge in [0.25, 0.3) is 5.91 Å². The summed E-state index contributed by atoms with van der Waals surface area (Å²) in [5.41, 5.74) is 1.44. The summed E-state index contributed by atoms with van der Waals surface area (Å²) in [5, 5.41) is 5.16. The normalized spacial score (nSPS) is 15.2. The number of aryl methyl sites for hydroxylation is 1. The number of carbonyl (C=O) groups is 2. The lowest BCUT2D eigenvalue weighted by atomic mass is 10.2. The van der Waals surface area contributed by atoms with Crippen LogP contribution in [0.1, 0.15) is 28.1 Å². The third kappa shape index (κ3) is 6.72. The SMILES string of the molecule is Cc1ccc(F)c(NC(=O)N(F)c2cccc(OC3CCN(CCCNC(=O)c4cc5ncccc5s4)C3)c2)c1. The molecule has 1 aliphatic heterocycles. The van der Waals surface area contributed by atoms with Crippen molar-refractivity contribution in [1.29, 1.82) is 0 Å². The number of ether oxygens (including phenoxy) is 1. The van der Waals surface area contributed by atoms with Crippen LogP contribution in [0.25, 0.3) is 10.2 Å². The second-order valence-corrected chi connectivity index (χ2v) is 10.7. The number of urea groups is 1. The van der Waals surface area contributed by atoms with Crippen molar-refractivity contribution in [2.24, 2.45) is 0 Å². The number of pyridine rings is 1. The molecule has 2 aromatic heterocycles. The Morgan fingerprint density at radius 2 is 2.05 bits per heavy atom. The van der Waals surface area contributed by atoms with Gasteiger partial charge in [-0.3, -0.25) is 14.7 Å². The zero-order valence-corrected chi connectivity index (χ0v) is 22.7. The molecule has 11 heteroatoms. The third-order valence-corrected chi connectivity index (χ3v) is 7.65. The fraction of sp³-hybridized carbons (Fsp3) is 0.276. The van der Waals surface area contributed by atoms with Crippen molar-refractivity contribution in [1.82, 2.24) is 15.2 Å². The van der Waals surface area contributed by atoms with E-state index >= 15 is 0 Å². The van der Waals surface area contributed by atoms with E-state index in [2.05, 4.69) is 20.5 Å². The summed E-state index contributed by atoms with van der Waals surface area (Å²) in [6.45, 7) is 4.66. The first-order valence-corrected chi connectivity index (χ1v) is 13.8. The lowest BCUT2D eigenvalue weighted by Crippen LogP contribution is -2.30. The molecule has 1 fully saturated rings. The minimum Gasteiger partial charge on any atom is -0.489 e. The molecule has 4 aromatic rings. The number of aromatic nitrogens is 1. The smallest absolute Gasteiger partial charge is 0.354 e. The molecule has 1 atom stereocenters. The standard InChI is InChI=1S/C29H29F2N5O3S/c1-19-8-9-23(30)24(15-19)34-29(38)36(31)20-5-2-6-21(16-20)39-22-10-14-35(18-22)13-4-12-33-28(37)27-17-25-26(40-27)7-3-11-32-25/h2-3,5-9,11,15-17,22H,4,10,12-14,18H2,1H3,(H,33,37)(H,34,38). The summed E-state index contributed by atoms with van der Waals surface area (Å²) in [4.78, 5) is 32.0. The van der Waals surface area contributed by atoms with Gasteiger partial charge in [0.15, 0.2) is 0 Å². The molecule has 40 heavy (non-hydrogen) atoms. The number of rotatable bonds is 9. The number of fused-ring (bicyclic) bond motifs is 1. The van der Waals surface area contributed by atoms with Crippen LogP contribution < -0.4 is 20.5 Å². The number of nitrogens with zero attached hydrogens (tertiary/aromatic N) is 3. The maximum absolute atomic E-state index is 14.8. The number of carbonyl (C=O) groups excluding carboxylic acids is 2. The molecule has 208 valence electrons. The number of halogens is 2. The minimum absolute atomic E-state index is 0.0249. The van der Waals surface area contributed by atoms with Gasteiger partial charge in [-0.25, -0.2) is 9.18 Å². The van der Waals surface area contributed by atoms with Gasteiger partial charge in [0.2, 0.25) is 0 Å². The van der Waals surface area contributed by atoms with E-state index < -0.39 is 11.8 Å². The molecule has 1 saturated heterocycles. The van der Waals surface area contributed by atoms with Crippen molar-refractivity contribution < 1.29 is 23.2 Å². The molecule has 1 aliphatic rings. The van der Waals surface area contributed by atoms with Crippen LogP contribution in [0.3, 0.4) is 0 Å². The Bertz CT molecular complexity index is 1480. The first kappa shape index (κ1) is 27.5. The highest BCUT2D eigenvalue weighted by atomic mass is 32.1. The van der Waals surface area contributed by atoms with Crippen molar-refractivity contribution in [2.75, 3.05) is 36.6 Å². The molecule has 8 nitrogen and oxygen atoms in total.